The van der Waals surface area contributed by atoms with Gasteiger partial charge in [0.2, 0.25) is 0 Å². The van der Waals surface area contributed by atoms with Crippen molar-refractivity contribution in [2.24, 2.45) is 10.8 Å². The van der Waals surface area contributed by atoms with E-state index in [2.05, 4.69) is 70.3 Å². The molecule has 0 aromatic heterocycles. The Bertz CT molecular complexity index is 389. The molecule has 0 amide bonds. The summed E-state index contributed by atoms with van der Waals surface area (Å²) in [6.07, 6.45) is 3.90. The Hall–Kier alpha value is -0.820. The quantitative estimate of drug-likeness (QED) is 0.810. The van der Waals surface area contributed by atoms with E-state index in [-0.39, 0.29) is 0 Å². The normalized spacial score (nSPS) is 24.1. The third-order valence-electron chi connectivity index (χ3n) is 4.34. The molecule has 1 aromatic rings. The van der Waals surface area contributed by atoms with Crippen LogP contribution in [0.15, 0.2) is 30.3 Å². The topological polar surface area (TPSA) is 12.0 Å². The van der Waals surface area contributed by atoms with Gasteiger partial charge in [0.05, 0.1) is 0 Å². The predicted molar refractivity (Wildman–Crippen MR) is 83.2 cm³/mol. The molecule has 0 spiro atoms. The second-order valence-corrected chi connectivity index (χ2v) is 7.91. The highest BCUT2D eigenvalue weighted by Crippen LogP contribution is 2.46. The van der Waals surface area contributed by atoms with Crippen molar-refractivity contribution in [1.82, 2.24) is 5.32 Å². The first-order valence-corrected chi connectivity index (χ1v) is 7.58. The molecule has 1 aromatic carbocycles. The van der Waals surface area contributed by atoms with Crippen LogP contribution in [0.4, 0.5) is 0 Å². The highest BCUT2D eigenvalue weighted by Gasteiger charge is 2.38. The second-order valence-electron chi connectivity index (χ2n) is 7.91. The van der Waals surface area contributed by atoms with E-state index < -0.39 is 0 Å². The van der Waals surface area contributed by atoms with Gasteiger partial charge in [-0.1, -0.05) is 58.0 Å². The lowest BCUT2D eigenvalue weighted by Crippen LogP contribution is -2.44. The van der Waals surface area contributed by atoms with Crippen molar-refractivity contribution in [1.29, 1.82) is 0 Å². The van der Waals surface area contributed by atoms with Crippen molar-refractivity contribution in [3.8, 4) is 0 Å². The Morgan fingerprint density at radius 3 is 2.05 bits per heavy atom. The lowest BCUT2D eigenvalue weighted by Gasteiger charge is -2.46. The SMILES string of the molecule is C[C@H](NC1CC(C)(C)CC(C)(C)C1)c1ccccc1. The van der Waals surface area contributed by atoms with Crippen molar-refractivity contribution in [3.05, 3.63) is 35.9 Å². The van der Waals surface area contributed by atoms with Crippen molar-refractivity contribution < 1.29 is 0 Å². The summed E-state index contributed by atoms with van der Waals surface area (Å²) >= 11 is 0. The molecular weight excluding hydrogens is 230 g/mol. The summed E-state index contributed by atoms with van der Waals surface area (Å²) in [5, 5.41) is 3.85. The lowest BCUT2D eigenvalue weighted by molar-refractivity contribution is 0.0811. The molecule has 1 saturated carbocycles. The average molecular weight is 259 g/mol. The fraction of sp³-hybridized carbons (Fsp3) is 0.667. The summed E-state index contributed by atoms with van der Waals surface area (Å²) in [7, 11) is 0. The zero-order chi connectivity index (χ0) is 14.1. The Morgan fingerprint density at radius 1 is 1.00 bits per heavy atom. The van der Waals surface area contributed by atoms with Gasteiger partial charge >= 0.3 is 0 Å². The number of rotatable bonds is 3. The van der Waals surface area contributed by atoms with Crippen LogP contribution in [-0.4, -0.2) is 6.04 Å². The van der Waals surface area contributed by atoms with Crippen LogP contribution < -0.4 is 5.32 Å². The van der Waals surface area contributed by atoms with Crippen molar-refractivity contribution in [2.75, 3.05) is 0 Å². The largest absolute Gasteiger partial charge is 0.307 e. The number of hydrogen-bond acceptors (Lipinski definition) is 1. The molecule has 19 heavy (non-hydrogen) atoms. The third-order valence-corrected chi connectivity index (χ3v) is 4.34. The van der Waals surface area contributed by atoms with Gasteiger partial charge in [-0.2, -0.15) is 0 Å². The van der Waals surface area contributed by atoms with Gasteiger partial charge in [-0.3, -0.25) is 0 Å². The molecule has 0 unspecified atom stereocenters. The maximum Gasteiger partial charge on any atom is 0.0294 e. The van der Waals surface area contributed by atoms with Crippen LogP contribution in [0.2, 0.25) is 0 Å². The van der Waals surface area contributed by atoms with Gasteiger partial charge in [-0.25, -0.2) is 0 Å². The zero-order valence-electron chi connectivity index (χ0n) is 13.2. The van der Waals surface area contributed by atoms with Crippen molar-refractivity contribution in [2.45, 2.75) is 66.0 Å². The minimum atomic E-state index is 0.441. The molecule has 0 saturated heterocycles. The van der Waals surface area contributed by atoms with Crippen molar-refractivity contribution >= 4 is 0 Å². The molecule has 2 rings (SSSR count). The first-order chi connectivity index (χ1) is 8.77. The van der Waals surface area contributed by atoms with Crippen LogP contribution in [-0.2, 0) is 0 Å². The van der Waals surface area contributed by atoms with Crippen LogP contribution in [0.25, 0.3) is 0 Å². The second kappa shape index (κ2) is 5.28. The van der Waals surface area contributed by atoms with Gasteiger partial charge in [0.1, 0.15) is 0 Å². The minimum Gasteiger partial charge on any atom is -0.307 e. The van der Waals surface area contributed by atoms with Gasteiger partial charge < -0.3 is 5.32 Å². The summed E-state index contributed by atoms with van der Waals surface area (Å²) < 4.78 is 0. The predicted octanol–water partition coefficient (Wildman–Crippen LogP) is 4.94. The first-order valence-electron chi connectivity index (χ1n) is 7.58. The summed E-state index contributed by atoms with van der Waals surface area (Å²) in [4.78, 5) is 0. The van der Waals surface area contributed by atoms with E-state index in [0.717, 1.165) is 0 Å². The summed E-state index contributed by atoms with van der Waals surface area (Å²) in [6, 6.07) is 11.9. The Morgan fingerprint density at radius 2 is 1.53 bits per heavy atom. The monoisotopic (exact) mass is 259 g/mol. The van der Waals surface area contributed by atoms with E-state index in [1.165, 1.54) is 24.8 Å². The lowest BCUT2D eigenvalue weighted by atomic mass is 9.63. The highest BCUT2D eigenvalue weighted by molar-refractivity contribution is 5.18. The molecule has 1 aliphatic rings. The minimum absolute atomic E-state index is 0.441. The molecule has 106 valence electrons. The molecule has 1 aliphatic carbocycles. The van der Waals surface area contributed by atoms with Gasteiger partial charge in [-0.05, 0) is 42.6 Å². The number of benzene rings is 1. The van der Waals surface area contributed by atoms with E-state index >= 15 is 0 Å². The number of hydrogen-bond donors (Lipinski definition) is 1. The molecule has 1 nitrogen and oxygen atoms in total. The summed E-state index contributed by atoms with van der Waals surface area (Å²) in [5.74, 6) is 0. The molecule has 1 atom stereocenters. The smallest absolute Gasteiger partial charge is 0.0294 e. The summed E-state index contributed by atoms with van der Waals surface area (Å²) in [5.41, 5.74) is 2.30. The van der Waals surface area contributed by atoms with Crippen LogP contribution in [0, 0.1) is 10.8 Å². The summed E-state index contributed by atoms with van der Waals surface area (Å²) in [6.45, 7) is 11.9. The molecule has 0 radical (unpaired) electrons. The zero-order valence-corrected chi connectivity index (χ0v) is 13.2. The van der Waals surface area contributed by atoms with Crippen LogP contribution in [0.3, 0.4) is 0 Å². The fourth-order valence-corrected chi connectivity index (χ4v) is 4.16. The maximum atomic E-state index is 3.85. The van der Waals surface area contributed by atoms with Gasteiger partial charge in [0, 0.05) is 12.1 Å². The van der Waals surface area contributed by atoms with E-state index in [1.807, 2.05) is 0 Å². The maximum absolute atomic E-state index is 3.85. The van der Waals surface area contributed by atoms with Crippen LogP contribution in [0.1, 0.15) is 65.5 Å². The van der Waals surface area contributed by atoms with E-state index in [9.17, 15) is 0 Å². The molecular formula is C18H29N. The van der Waals surface area contributed by atoms with Gasteiger partial charge in [-0.15, -0.1) is 0 Å². The standard InChI is InChI=1S/C18H29N/c1-14(15-9-7-6-8-10-15)19-16-11-17(2,3)13-18(4,5)12-16/h6-10,14,16,19H,11-13H2,1-5H3/t14-/m0/s1. The first kappa shape index (κ1) is 14.6. The molecule has 0 aliphatic heterocycles. The highest BCUT2D eigenvalue weighted by atomic mass is 15.0. The molecule has 0 bridgehead atoms. The van der Waals surface area contributed by atoms with Crippen LogP contribution >= 0.6 is 0 Å². The van der Waals surface area contributed by atoms with Gasteiger partial charge in [0.15, 0.2) is 0 Å². The Balaban J connectivity index is 2.03. The Kier molecular flexibility index (Phi) is 4.06. The van der Waals surface area contributed by atoms with E-state index in [1.54, 1.807) is 0 Å². The third kappa shape index (κ3) is 4.07. The molecule has 1 N–H and O–H groups in total. The molecule has 1 fully saturated rings. The van der Waals surface area contributed by atoms with Gasteiger partial charge in [0.25, 0.3) is 0 Å². The fourth-order valence-electron chi connectivity index (χ4n) is 4.16. The average Bonchev–Trinajstić information content (AvgIpc) is 2.25. The number of nitrogens with one attached hydrogen (secondary N) is 1. The van der Waals surface area contributed by atoms with E-state index in [4.69, 9.17) is 0 Å². The molecule has 1 heteroatoms. The van der Waals surface area contributed by atoms with Crippen LogP contribution in [0.5, 0.6) is 0 Å². The van der Waals surface area contributed by atoms with E-state index in [0.29, 0.717) is 22.9 Å². The Labute approximate surface area is 118 Å². The molecule has 0 heterocycles. The van der Waals surface area contributed by atoms with Crippen molar-refractivity contribution in [3.63, 3.8) is 0 Å².